The molecule has 0 amide bonds. The lowest BCUT2D eigenvalue weighted by Gasteiger charge is -2.32. The number of hydrogen-bond acceptors (Lipinski definition) is 3. The van der Waals surface area contributed by atoms with Crippen LogP contribution in [0.25, 0.3) is 0 Å². The molecule has 0 rings (SSSR count). The van der Waals surface area contributed by atoms with Crippen LogP contribution in [0.2, 0.25) is 0 Å². The number of hydrogen-bond donors (Lipinski definition) is 1. The molecule has 3 heteroatoms. The Morgan fingerprint density at radius 1 is 1.42 bits per heavy atom. The molecule has 0 aromatic carbocycles. The Kier molecular flexibility index (Phi) is 5.46. The molecule has 74 valence electrons. The molecule has 0 aromatic rings. The molecule has 0 aliphatic carbocycles. The summed E-state index contributed by atoms with van der Waals surface area (Å²) in [5.41, 5.74) is 5.65. The first-order valence-corrected chi connectivity index (χ1v) is 4.49. The Morgan fingerprint density at radius 3 is 2.33 bits per heavy atom. The fourth-order valence-corrected chi connectivity index (χ4v) is 0.979. The third kappa shape index (κ3) is 3.09. The van der Waals surface area contributed by atoms with Gasteiger partial charge in [0.15, 0.2) is 0 Å². The quantitative estimate of drug-likeness (QED) is 0.659. The lowest BCUT2D eigenvalue weighted by atomic mass is 9.94. The van der Waals surface area contributed by atoms with E-state index in [1.807, 2.05) is 13.8 Å². The van der Waals surface area contributed by atoms with E-state index in [4.69, 9.17) is 15.2 Å². The van der Waals surface area contributed by atoms with E-state index in [1.165, 1.54) is 0 Å². The number of nitrogens with two attached hydrogens (primary N) is 1. The van der Waals surface area contributed by atoms with E-state index in [9.17, 15) is 0 Å². The molecule has 0 heterocycles. The summed E-state index contributed by atoms with van der Waals surface area (Å²) in [6.45, 7) is 7.31. The summed E-state index contributed by atoms with van der Waals surface area (Å²) in [5, 5.41) is 0. The molecule has 3 nitrogen and oxygen atoms in total. The van der Waals surface area contributed by atoms with Gasteiger partial charge in [0.2, 0.25) is 0 Å². The van der Waals surface area contributed by atoms with Crippen LogP contribution in [0.3, 0.4) is 0 Å². The lowest BCUT2D eigenvalue weighted by molar-refractivity contribution is -0.0414. The zero-order chi connectivity index (χ0) is 9.61. The highest BCUT2D eigenvalue weighted by molar-refractivity contribution is 4.85. The maximum atomic E-state index is 5.91. The molecule has 0 saturated heterocycles. The monoisotopic (exact) mass is 175 g/mol. The molecule has 12 heavy (non-hydrogen) atoms. The largest absolute Gasteiger partial charge is 0.380 e. The summed E-state index contributed by atoms with van der Waals surface area (Å²) >= 11 is 0. The number of methoxy groups -OCH3 is 1. The van der Waals surface area contributed by atoms with Crippen LogP contribution >= 0.6 is 0 Å². The van der Waals surface area contributed by atoms with Gasteiger partial charge >= 0.3 is 0 Å². The highest BCUT2D eigenvalue weighted by Gasteiger charge is 2.29. The van der Waals surface area contributed by atoms with Crippen molar-refractivity contribution in [2.75, 3.05) is 20.3 Å². The molecule has 0 bridgehead atoms. The first kappa shape index (κ1) is 11.9. The highest BCUT2D eigenvalue weighted by atomic mass is 16.5. The van der Waals surface area contributed by atoms with Crippen LogP contribution in [0.15, 0.2) is 0 Å². The molecule has 2 unspecified atom stereocenters. The minimum atomic E-state index is -0.255. The van der Waals surface area contributed by atoms with Gasteiger partial charge in [0, 0.05) is 13.7 Å². The van der Waals surface area contributed by atoms with E-state index in [0.717, 1.165) is 6.42 Å². The van der Waals surface area contributed by atoms with E-state index in [-0.39, 0.29) is 11.6 Å². The van der Waals surface area contributed by atoms with Crippen LogP contribution in [0.1, 0.15) is 27.2 Å². The standard InChI is InChI=1S/C9H21NO2/c1-5-9(3,11-4)8(10)7-12-6-2/h8H,5-7,10H2,1-4H3. The van der Waals surface area contributed by atoms with Crippen molar-refractivity contribution in [3.8, 4) is 0 Å². The van der Waals surface area contributed by atoms with Gasteiger partial charge in [0.1, 0.15) is 0 Å². The van der Waals surface area contributed by atoms with E-state index in [0.29, 0.717) is 13.2 Å². The van der Waals surface area contributed by atoms with Gasteiger partial charge in [-0.15, -0.1) is 0 Å². The maximum Gasteiger partial charge on any atom is 0.0820 e. The third-order valence-corrected chi connectivity index (χ3v) is 2.45. The topological polar surface area (TPSA) is 44.5 Å². The Morgan fingerprint density at radius 2 is 2.00 bits per heavy atom. The van der Waals surface area contributed by atoms with Crippen molar-refractivity contribution >= 4 is 0 Å². The smallest absolute Gasteiger partial charge is 0.0820 e. The van der Waals surface area contributed by atoms with Gasteiger partial charge < -0.3 is 15.2 Å². The molecular formula is C9H21NO2. The van der Waals surface area contributed by atoms with Gasteiger partial charge in [-0.1, -0.05) is 6.92 Å². The van der Waals surface area contributed by atoms with Crippen LogP contribution in [-0.2, 0) is 9.47 Å². The van der Waals surface area contributed by atoms with Crippen molar-refractivity contribution < 1.29 is 9.47 Å². The fraction of sp³-hybridized carbons (Fsp3) is 1.00. The van der Waals surface area contributed by atoms with Crippen molar-refractivity contribution in [2.45, 2.75) is 38.8 Å². The predicted octanol–water partition coefficient (Wildman–Crippen LogP) is 1.17. The predicted molar refractivity (Wildman–Crippen MR) is 50.2 cm³/mol. The van der Waals surface area contributed by atoms with Crippen LogP contribution in [0, 0.1) is 0 Å². The van der Waals surface area contributed by atoms with Crippen LogP contribution < -0.4 is 5.73 Å². The van der Waals surface area contributed by atoms with E-state index < -0.39 is 0 Å². The first-order chi connectivity index (χ1) is 5.60. The molecule has 0 radical (unpaired) electrons. The summed E-state index contributed by atoms with van der Waals surface area (Å²) in [6, 6.07) is -0.0487. The SMILES string of the molecule is CCOCC(N)C(C)(CC)OC. The van der Waals surface area contributed by atoms with Gasteiger partial charge in [-0.05, 0) is 20.3 Å². The minimum absolute atomic E-state index is 0.0487. The third-order valence-electron chi connectivity index (χ3n) is 2.45. The van der Waals surface area contributed by atoms with Gasteiger partial charge in [-0.25, -0.2) is 0 Å². The fourth-order valence-electron chi connectivity index (χ4n) is 0.979. The van der Waals surface area contributed by atoms with Gasteiger partial charge in [0.05, 0.1) is 18.2 Å². The van der Waals surface area contributed by atoms with Crippen molar-refractivity contribution in [3.63, 3.8) is 0 Å². The van der Waals surface area contributed by atoms with Crippen molar-refractivity contribution in [2.24, 2.45) is 5.73 Å². The molecule has 2 N–H and O–H groups in total. The van der Waals surface area contributed by atoms with Crippen molar-refractivity contribution in [1.29, 1.82) is 0 Å². The second-order valence-corrected chi connectivity index (χ2v) is 3.14. The first-order valence-electron chi connectivity index (χ1n) is 4.49. The van der Waals surface area contributed by atoms with Crippen LogP contribution in [-0.4, -0.2) is 32.0 Å². The number of ether oxygens (including phenoxy) is 2. The van der Waals surface area contributed by atoms with Crippen LogP contribution in [0.4, 0.5) is 0 Å². The minimum Gasteiger partial charge on any atom is -0.380 e. The lowest BCUT2D eigenvalue weighted by Crippen LogP contribution is -2.49. The van der Waals surface area contributed by atoms with Gasteiger partial charge in [0.25, 0.3) is 0 Å². The molecule has 0 spiro atoms. The summed E-state index contributed by atoms with van der Waals surface area (Å²) in [4.78, 5) is 0. The second kappa shape index (κ2) is 5.51. The van der Waals surface area contributed by atoms with E-state index >= 15 is 0 Å². The Balaban J connectivity index is 3.93. The Bertz CT molecular complexity index is 113. The molecule has 0 saturated carbocycles. The molecule has 0 fully saturated rings. The molecule has 2 atom stereocenters. The molecule has 0 aliphatic rings. The van der Waals surface area contributed by atoms with E-state index in [2.05, 4.69) is 6.92 Å². The van der Waals surface area contributed by atoms with Crippen molar-refractivity contribution in [1.82, 2.24) is 0 Å². The average Bonchev–Trinajstić information content (AvgIpc) is 2.12. The second-order valence-electron chi connectivity index (χ2n) is 3.14. The Hall–Kier alpha value is -0.120. The van der Waals surface area contributed by atoms with Crippen LogP contribution in [0.5, 0.6) is 0 Å². The molecule has 0 aromatic heterocycles. The Labute approximate surface area is 75.2 Å². The summed E-state index contributed by atoms with van der Waals surface area (Å²) in [5.74, 6) is 0. The van der Waals surface area contributed by atoms with Gasteiger partial charge in [-0.2, -0.15) is 0 Å². The number of rotatable bonds is 6. The average molecular weight is 175 g/mol. The highest BCUT2D eigenvalue weighted by Crippen LogP contribution is 2.17. The zero-order valence-electron chi connectivity index (χ0n) is 8.59. The van der Waals surface area contributed by atoms with Gasteiger partial charge in [-0.3, -0.25) is 0 Å². The normalized spacial score (nSPS) is 18.8. The summed E-state index contributed by atoms with van der Waals surface area (Å²) in [6.07, 6.45) is 0.901. The summed E-state index contributed by atoms with van der Waals surface area (Å²) in [7, 11) is 1.69. The molecular weight excluding hydrogens is 154 g/mol. The zero-order valence-corrected chi connectivity index (χ0v) is 8.59. The van der Waals surface area contributed by atoms with Crippen molar-refractivity contribution in [3.05, 3.63) is 0 Å². The summed E-state index contributed by atoms with van der Waals surface area (Å²) < 4.78 is 10.6. The van der Waals surface area contributed by atoms with E-state index in [1.54, 1.807) is 7.11 Å². The molecule has 0 aliphatic heterocycles. The maximum absolute atomic E-state index is 5.91.